The van der Waals surface area contributed by atoms with Crippen molar-refractivity contribution in [1.29, 1.82) is 0 Å². The van der Waals surface area contributed by atoms with Crippen molar-refractivity contribution in [3.05, 3.63) is 63.3 Å². The first-order valence-electron chi connectivity index (χ1n) is 11.6. The zero-order chi connectivity index (χ0) is 27.7. The first-order valence-corrected chi connectivity index (χ1v) is 13.9. The number of hydrogen-bond acceptors (Lipinski definition) is 7. The second-order valence-electron chi connectivity index (χ2n) is 9.03. The molecule has 0 unspecified atom stereocenters. The molecule has 1 N–H and O–H groups in total. The maximum Gasteiger partial charge on any atom is 0.416 e. The molecule has 4 rings (SSSR count). The largest absolute Gasteiger partial charge is 0.493 e. The van der Waals surface area contributed by atoms with Crippen LogP contribution in [0.4, 0.5) is 13.2 Å². The smallest absolute Gasteiger partial charge is 0.416 e. The maximum absolute atomic E-state index is 13.4. The Bertz CT molecular complexity index is 1520. The van der Waals surface area contributed by atoms with Gasteiger partial charge in [0.25, 0.3) is 0 Å². The van der Waals surface area contributed by atoms with E-state index in [0.717, 1.165) is 18.4 Å². The van der Waals surface area contributed by atoms with E-state index in [2.05, 4.69) is 0 Å². The van der Waals surface area contributed by atoms with Crippen LogP contribution in [0.3, 0.4) is 0 Å². The van der Waals surface area contributed by atoms with Crippen LogP contribution in [-0.2, 0) is 21.0 Å². The van der Waals surface area contributed by atoms with Crippen LogP contribution in [0.2, 0.25) is 5.02 Å². The van der Waals surface area contributed by atoms with E-state index in [9.17, 15) is 31.2 Å². The van der Waals surface area contributed by atoms with Crippen molar-refractivity contribution < 1.29 is 35.5 Å². The minimum Gasteiger partial charge on any atom is -0.493 e. The highest BCUT2D eigenvalue weighted by molar-refractivity contribution is 7.89. The molecule has 1 atom stereocenters. The Labute approximate surface area is 221 Å². The van der Waals surface area contributed by atoms with E-state index in [1.807, 2.05) is 9.62 Å². The number of carbonyl (C=O) groups is 1. The molecule has 204 valence electrons. The second kappa shape index (κ2) is 11.0. The highest BCUT2D eigenvalue weighted by atomic mass is 35.5. The van der Waals surface area contributed by atoms with Crippen molar-refractivity contribution in [3.8, 4) is 17.1 Å². The molecule has 1 amide bonds. The Kier molecular flexibility index (Phi) is 8.05. The van der Waals surface area contributed by atoms with Gasteiger partial charge < -0.3 is 14.1 Å². The first kappa shape index (κ1) is 27.9. The summed E-state index contributed by atoms with van der Waals surface area (Å²) in [5.74, 6) is -1.13. The SMILES string of the molecule is CS(=O)(=O)NC(=O)[C@@H]1CCN(CCCOc2cc(C(F)(F)F)ccc2-c2cc(=O)c3cccc(Cl)c3o2)C1. The highest BCUT2D eigenvalue weighted by Gasteiger charge is 2.32. The lowest BCUT2D eigenvalue weighted by molar-refractivity contribution is -0.137. The van der Waals surface area contributed by atoms with Gasteiger partial charge in [-0.2, -0.15) is 13.2 Å². The zero-order valence-electron chi connectivity index (χ0n) is 20.2. The van der Waals surface area contributed by atoms with Gasteiger partial charge in [0.1, 0.15) is 11.5 Å². The van der Waals surface area contributed by atoms with Gasteiger partial charge in [-0.25, -0.2) is 8.42 Å². The van der Waals surface area contributed by atoms with Gasteiger partial charge in [0.05, 0.1) is 40.3 Å². The average Bonchev–Trinajstić information content (AvgIpc) is 3.30. The number of para-hydroxylation sites is 1. The minimum absolute atomic E-state index is 0.0126. The van der Waals surface area contributed by atoms with Crippen LogP contribution in [0.5, 0.6) is 5.75 Å². The monoisotopic (exact) mass is 572 g/mol. The van der Waals surface area contributed by atoms with Crippen LogP contribution in [0.25, 0.3) is 22.3 Å². The van der Waals surface area contributed by atoms with Crippen molar-refractivity contribution in [2.24, 2.45) is 5.92 Å². The van der Waals surface area contributed by atoms with E-state index in [1.54, 1.807) is 6.07 Å². The molecule has 0 aliphatic carbocycles. The number of benzene rings is 2. The van der Waals surface area contributed by atoms with E-state index in [0.29, 0.717) is 32.5 Å². The predicted molar refractivity (Wildman–Crippen MR) is 136 cm³/mol. The summed E-state index contributed by atoms with van der Waals surface area (Å²) in [4.78, 5) is 26.6. The third-order valence-corrected chi connectivity index (χ3v) is 6.96. The van der Waals surface area contributed by atoms with Gasteiger partial charge in [-0.05, 0) is 49.7 Å². The van der Waals surface area contributed by atoms with Crippen LogP contribution in [-0.4, -0.2) is 51.7 Å². The van der Waals surface area contributed by atoms with Crippen molar-refractivity contribution in [1.82, 2.24) is 9.62 Å². The fourth-order valence-corrected chi connectivity index (χ4v) is 5.03. The van der Waals surface area contributed by atoms with E-state index in [4.69, 9.17) is 20.8 Å². The highest BCUT2D eigenvalue weighted by Crippen LogP contribution is 2.38. The molecule has 1 fully saturated rings. The number of fused-ring (bicyclic) bond motifs is 1. The number of nitrogens with one attached hydrogen (secondary N) is 1. The molecule has 1 aromatic heterocycles. The number of rotatable bonds is 8. The fraction of sp³-hybridized carbons (Fsp3) is 0.360. The normalized spacial score (nSPS) is 16.6. The molecule has 0 saturated carbocycles. The number of sulfonamides is 1. The maximum atomic E-state index is 13.4. The standard InChI is InChI=1S/C25H24ClF3N2O6S/c1-38(34,35)30-24(33)15-8-10-31(14-15)9-3-11-36-21-12-16(25(27,28)29)6-7-18(21)22-13-20(32)17-4-2-5-19(26)23(17)37-22/h2,4-7,12-13,15H,3,8-11,14H2,1H3,(H,30,33)/t15-/m1/s1. The van der Waals surface area contributed by atoms with Crippen molar-refractivity contribution in [2.75, 3.05) is 32.5 Å². The Morgan fingerprint density at radius 2 is 2.00 bits per heavy atom. The summed E-state index contributed by atoms with van der Waals surface area (Å²) in [5, 5.41) is 0.426. The number of likely N-dealkylation sites (tertiary alicyclic amines) is 1. The number of alkyl halides is 3. The minimum atomic E-state index is -4.61. The van der Waals surface area contributed by atoms with Crippen LogP contribution in [0.15, 0.2) is 51.7 Å². The van der Waals surface area contributed by atoms with Crippen molar-refractivity contribution in [2.45, 2.75) is 19.0 Å². The molecule has 13 heteroatoms. The molecule has 3 aromatic rings. The molecule has 2 heterocycles. The Balaban J connectivity index is 1.48. The van der Waals surface area contributed by atoms with Gasteiger partial charge in [-0.1, -0.05) is 17.7 Å². The number of nitrogens with zero attached hydrogens (tertiary/aromatic N) is 1. The van der Waals surface area contributed by atoms with Gasteiger partial charge in [0.2, 0.25) is 15.9 Å². The molecule has 1 saturated heterocycles. The van der Waals surface area contributed by atoms with Crippen molar-refractivity contribution >= 4 is 38.5 Å². The Morgan fingerprint density at radius 1 is 1.24 bits per heavy atom. The average molecular weight is 573 g/mol. The summed E-state index contributed by atoms with van der Waals surface area (Å²) in [6, 6.07) is 8.76. The van der Waals surface area contributed by atoms with E-state index in [1.165, 1.54) is 24.3 Å². The summed E-state index contributed by atoms with van der Waals surface area (Å²) in [6.45, 7) is 1.46. The first-order chi connectivity index (χ1) is 17.8. The molecule has 38 heavy (non-hydrogen) atoms. The van der Waals surface area contributed by atoms with Crippen LogP contribution in [0.1, 0.15) is 18.4 Å². The van der Waals surface area contributed by atoms with Crippen LogP contribution >= 0.6 is 11.6 Å². The summed E-state index contributed by atoms with van der Waals surface area (Å²) in [7, 11) is -3.64. The van der Waals surface area contributed by atoms with E-state index < -0.39 is 39.0 Å². The van der Waals surface area contributed by atoms with Gasteiger partial charge in [-0.15, -0.1) is 0 Å². The summed E-state index contributed by atoms with van der Waals surface area (Å²) >= 11 is 6.17. The summed E-state index contributed by atoms with van der Waals surface area (Å²) < 4.78 is 76.3. The molecule has 1 aliphatic rings. The Hall–Kier alpha value is -3.09. The number of carbonyl (C=O) groups excluding carboxylic acids is 1. The lowest BCUT2D eigenvalue weighted by Crippen LogP contribution is -2.36. The van der Waals surface area contributed by atoms with E-state index in [-0.39, 0.29) is 39.7 Å². The number of hydrogen-bond donors (Lipinski definition) is 1. The lowest BCUT2D eigenvalue weighted by atomic mass is 10.1. The fourth-order valence-electron chi connectivity index (χ4n) is 4.28. The van der Waals surface area contributed by atoms with Gasteiger partial charge in [0.15, 0.2) is 11.0 Å². The predicted octanol–water partition coefficient (Wildman–Crippen LogP) is 4.30. The third kappa shape index (κ3) is 6.66. The molecular formula is C25H24ClF3N2O6S. The van der Waals surface area contributed by atoms with Crippen molar-refractivity contribution in [3.63, 3.8) is 0 Å². The lowest BCUT2D eigenvalue weighted by Gasteiger charge is -2.17. The quantitative estimate of drug-likeness (QED) is 0.401. The summed E-state index contributed by atoms with van der Waals surface area (Å²) in [6.07, 6.45) is -2.79. The molecule has 2 aromatic carbocycles. The van der Waals surface area contributed by atoms with Gasteiger partial charge >= 0.3 is 6.18 Å². The second-order valence-corrected chi connectivity index (χ2v) is 11.2. The molecule has 0 spiro atoms. The van der Waals surface area contributed by atoms with Gasteiger partial charge in [-0.3, -0.25) is 14.3 Å². The number of amides is 1. The zero-order valence-corrected chi connectivity index (χ0v) is 21.8. The number of ether oxygens (including phenoxy) is 1. The molecule has 8 nitrogen and oxygen atoms in total. The van der Waals surface area contributed by atoms with Crippen LogP contribution in [0, 0.1) is 5.92 Å². The van der Waals surface area contributed by atoms with E-state index >= 15 is 0 Å². The molecule has 0 bridgehead atoms. The molecule has 1 aliphatic heterocycles. The van der Waals surface area contributed by atoms with Crippen LogP contribution < -0.4 is 14.9 Å². The third-order valence-electron chi connectivity index (χ3n) is 6.09. The molecule has 0 radical (unpaired) electrons. The summed E-state index contributed by atoms with van der Waals surface area (Å²) in [5.41, 5.74) is -1.04. The number of halogens is 4. The molecular weight excluding hydrogens is 549 g/mol. The Morgan fingerprint density at radius 3 is 2.71 bits per heavy atom. The van der Waals surface area contributed by atoms with Gasteiger partial charge in [0, 0.05) is 19.2 Å². The topological polar surface area (TPSA) is 106 Å².